The third-order valence-corrected chi connectivity index (χ3v) is 9.74. The average molecular weight is 855 g/mol. The molecule has 0 spiro atoms. The van der Waals surface area contributed by atoms with Gasteiger partial charge >= 0.3 is 11.9 Å². The predicted molar refractivity (Wildman–Crippen MR) is 220 cm³/mol. The van der Waals surface area contributed by atoms with Crippen LogP contribution in [0.5, 0.6) is 0 Å². The van der Waals surface area contributed by atoms with Crippen molar-refractivity contribution in [3.63, 3.8) is 0 Å². The minimum Gasteiger partial charge on any atom is -0.481 e. The van der Waals surface area contributed by atoms with Gasteiger partial charge in [0.1, 0.15) is 36.3 Å². The first-order valence-electron chi connectivity index (χ1n) is 19.9. The fraction of sp³-hybridized carbons (Fsp3) is 0.538. The van der Waals surface area contributed by atoms with Gasteiger partial charge in [-0.2, -0.15) is 0 Å². The lowest BCUT2D eigenvalue weighted by atomic mass is 10.0. The van der Waals surface area contributed by atoms with Gasteiger partial charge in [-0.05, 0) is 50.5 Å². The number of aromatic amines is 1. The Morgan fingerprint density at radius 1 is 0.852 bits per heavy atom. The summed E-state index contributed by atoms with van der Waals surface area (Å²) in [4.78, 5) is 117. The molecule has 334 valence electrons. The topological polar surface area (TPSA) is 360 Å². The SMILES string of the molecule is CC(C)C[C@H](NC(=O)[C@H](Cc1ccccc1)NC(=O)[C@@H]1CCCN1C(=O)[C@H](Cc1cnc[nH]1)NC(=O)[C@H](CC(=O)O)NC(=O)[C@H](C)NC(=O)[C@@H](N)CCCN=C(N)N)C(=O)O. The Morgan fingerprint density at radius 2 is 1.51 bits per heavy atom. The van der Waals surface area contributed by atoms with Crippen molar-refractivity contribution in [1.82, 2.24) is 41.5 Å². The van der Waals surface area contributed by atoms with Crippen LogP contribution >= 0.6 is 0 Å². The van der Waals surface area contributed by atoms with Crippen LogP contribution in [0.25, 0.3) is 0 Å². The number of carbonyl (C=O) groups is 8. The summed E-state index contributed by atoms with van der Waals surface area (Å²) in [6.45, 7) is 5.24. The molecule has 0 bridgehead atoms. The molecule has 3 rings (SSSR count). The predicted octanol–water partition coefficient (Wildman–Crippen LogP) is -2.38. The Kier molecular flexibility index (Phi) is 19.1. The quantitative estimate of drug-likeness (QED) is 0.0299. The lowest BCUT2D eigenvalue weighted by molar-refractivity contribution is -0.144. The number of amides is 6. The van der Waals surface area contributed by atoms with Crippen LogP contribution in [0.3, 0.4) is 0 Å². The number of imidazole rings is 1. The summed E-state index contributed by atoms with van der Waals surface area (Å²) in [5, 5.41) is 31.9. The summed E-state index contributed by atoms with van der Waals surface area (Å²) < 4.78 is 0. The number of nitrogens with two attached hydrogens (primary N) is 3. The maximum atomic E-state index is 14.3. The fourth-order valence-corrected chi connectivity index (χ4v) is 6.60. The van der Waals surface area contributed by atoms with Gasteiger partial charge in [-0.3, -0.25) is 38.6 Å². The number of aliphatic carboxylic acids is 2. The number of carboxylic acid groups (broad SMARTS) is 2. The molecular formula is C39H58N12O10. The number of likely N-dealkylation sites (tertiary alicyclic amines) is 1. The Morgan fingerprint density at radius 3 is 2.11 bits per heavy atom. The van der Waals surface area contributed by atoms with Gasteiger partial charge in [0.15, 0.2) is 5.96 Å². The number of nitrogens with zero attached hydrogens (tertiary/aromatic N) is 3. The lowest BCUT2D eigenvalue weighted by Crippen LogP contribution is -2.60. The van der Waals surface area contributed by atoms with E-state index >= 15 is 0 Å². The van der Waals surface area contributed by atoms with Crippen molar-refractivity contribution in [2.45, 2.75) is 114 Å². The summed E-state index contributed by atoms with van der Waals surface area (Å²) >= 11 is 0. The summed E-state index contributed by atoms with van der Waals surface area (Å²) in [7, 11) is 0. The third-order valence-electron chi connectivity index (χ3n) is 9.74. The van der Waals surface area contributed by atoms with Gasteiger partial charge in [0, 0.05) is 37.8 Å². The summed E-state index contributed by atoms with van der Waals surface area (Å²) in [5.41, 5.74) is 17.6. The number of hydrogen-bond donors (Lipinski definition) is 11. The molecule has 6 amide bonds. The minimum absolute atomic E-state index is 0.0120. The van der Waals surface area contributed by atoms with Crippen molar-refractivity contribution in [2.75, 3.05) is 13.1 Å². The van der Waals surface area contributed by atoms with Crippen LogP contribution in [0.15, 0.2) is 47.8 Å². The number of H-pyrrole nitrogens is 1. The highest BCUT2D eigenvalue weighted by molar-refractivity contribution is 5.98. The van der Waals surface area contributed by atoms with Crippen LogP contribution in [0.2, 0.25) is 0 Å². The first-order valence-corrected chi connectivity index (χ1v) is 19.9. The largest absolute Gasteiger partial charge is 0.481 e. The Bertz CT molecular complexity index is 1860. The molecule has 0 aliphatic carbocycles. The number of benzene rings is 1. The Hall–Kier alpha value is -6.58. The lowest BCUT2D eigenvalue weighted by Gasteiger charge is -2.31. The van der Waals surface area contributed by atoms with Crippen LogP contribution in [0.4, 0.5) is 0 Å². The van der Waals surface area contributed by atoms with Crippen LogP contribution in [-0.2, 0) is 51.2 Å². The first-order chi connectivity index (χ1) is 28.9. The van der Waals surface area contributed by atoms with Gasteiger partial charge in [-0.1, -0.05) is 44.2 Å². The number of aromatic nitrogens is 2. The minimum atomic E-state index is -1.71. The van der Waals surface area contributed by atoms with Crippen LogP contribution in [0, 0.1) is 5.92 Å². The molecule has 1 aromatic carbocycles. The smallest absolute Gasteiger partial charge is 0.326 e. The van der Waals surface area contributed by atoms with Gasteiger partial charge < -0.3 is 63.9 Å². The van der Waals surface area contributed by atoms with Crippen LogP contribution in [-0.4, -0.2) is 134 Å². The van der Waals surface area contributed by atoms with E-state index < -0.39 is 96.1 Å². The molecule has 1 aliphatic rings. The van der Waals surface area contributed by atoms with E-state index in [0.717, 1.165) is 0 Å². The summed E-state index contributed by atoms with van der Waals surface area (Å²) in [6.07, 6.45) is 2.95. The molecule has 1 fully saturated rings. The highest BCUT2D eigenvalue weighted by Gasteiger charge is 2.40. The number of nitrogens with one attached hydrogen (secondary N) is 6. The second-order valence-electron chi connectivity index (χ2n) is 15.3. The maximum absolute atomic E-state index is 14.3. The van der Waals surface area contributed by atoms with E-state index in [4.69, 9.17) is 17.2 Å². The standard InChI is InChI=1S/C39H58N12O10/c1-21(2)15-29(38(60)61)50-34(56)26(16-23-9-5-4-6-10-23)48-36(58)30-12-8-14-51(30)37(59)28(17-24-19-43-20-45-24)49-35(57)27(18-31(52)53)47-32(54)22(3)46-33(55)25(40)11-7-13-44-39(41)42/h4-6,9-10,19-22,25-30H,7-8,11-18,40H2,1-3H3,(H,43,45)(H,46,55)(H,47,54)(H,48,58)(H,49,57)(H,50,56)(H,52,53)(H,60,61)(H4,41,42,44)/t22-,25-,26-,27-,28-,29-,30-/m0/s1. The Labute approximate surface area is 352 Å². The normalized spacial score (nSPS) is 16.5. The van der Waals surface area contributed by atoms with Crippen molar-refractivity contribution in [1.29, 1.82) is 0 Å². The van der Waals surface area contributed by atoms with E-state index in [9.17, 15) is 48.6 Å². The molecule has 22 nitrogen and oxygen atoms in total. The highest BCUT2D eigenvalue weighted by Crippen LogP contribution is 2.21. The Balaban J connectivity index is 1.79. The molecular weight excluding hydrogens is 797 g/mol. The van der Waals surface area contributed by atoms with Gasteiger partial charge in [-0.25, -0.2) is 9.78 Å². The molecule has 0 unspecified atom stereocenters. The highest BCUT2D eigenvalue weighted by atomic mass is 16.4. The molecule has 1 aliphatic heterocycles. The number of aliphatic imine (C=N–C) groups is 1. The van der Waals surface area contributed by atoms with E-state index in [-0.39, 0.29) is 57.1 Å². The maximum Gasteiger partial charge on any atom is 0.326 e. The number of guanidine groups is 1. The second kappa shape index (κ2) is 23.9. The van der Waals surface area contributed by atoms with E-state index in [2.05, 4.69) is 41.5 Å². The summed E-state index contributed by atoms with van der Waals surface area (Å²) in [6, 6.07) is -0.181. The second-order valence-corrected chi connectivity index (χ2v) is 15.3. The molecule has 2 heterocycles. The first kappa shape index (κ1) is 48.8. The zero-order chi connectivity index (χ0) is 45.2. The molecule has 1 saturated heterocycles. The molecule has 0 saturated carbocycles. The molecule has 14 N–H and O–H groups in total. The number of carbonyl (C=O) groups excluding carboxylic acids is 6. The third kappa shape index (κ3) is 16.2. The number of hydrogen-bond acceptors (Lipinski definition) is 11. The van der Waals surface area contributed by atoms with Gasteiger partial charge in [0.25, 0.3) is 0 Å². The van der Waals surface area contributed by atoms with Crippen molar-refractivity contribution in [3.05, 3.63) is 54.1 Å². The van der Waals surface area contributed by atoms with Gasteiger partial charge in [0.05, 0.1) is 18.8 Å². The molecule has 0 radical (unpaired) electrons. The molecule has 1 aromatic heterocycles. The number of carboxylic acids is 2. The average Bonchev–Trinajstić information content (AvgIpc) is 3.91. The van der Waals surface area contributed by atoms with Crippen molar-refractivity contribution in [3.8, 4) is 0 Å². The summed E-state index contributed by atoms with van der Waals surface area (Å²) in [5.74, 6) is -7.66. The van der Waals surface area contributed by atoms with Crippen LogP contribution < -0.4 is 43.8 Å². The van der Waals surface area contributed by atoms with Crippen molar-refractivity contribution in [2.24, 2.45) is 28.1 Å². The molecule has 2 aromatic rings. The molecule has 22 heteroatoms. The van der Waals surface area contributed by atoms with Crippen molar-refractivity contribution < 1.29 is 48.6 Å². The van der Waals surface area contributed by atoms with Crippen molar-refractivity contribution >= 4 is 53.3 Å². The zero-order valence-electron chi connectivity index (χ0n) is 34.5. The van der Waals surface area contributed by atoms with E-state index in [1.165, 1.54) is 24.3 Å². The van der Waals surface area contributed by atoms with Gasteiger partial charge in [-0.15, -0.1) is 0 Å². The molecule has 61 heavy (non-hydrogen) atoms. The molecule has 7 atom stereocenters. The van der Waals surface area contributed by atoms with E-state index in [0.29, 0.717) is 24.1 Å². The monoisotopic (exact) mass is 854 g/mol. The number of rotatable bonds is 24. The fourth-order valence-electron chi connectivity index (χ4n) is 6.60. The van der Waals surface area contributed by atoms with E-state index in [1.54, 1.807) is 30.3 Å². The van der Waals surface area contributed by atoms with Gasteiger partial charge in [0.2, 0.25) is 35.4 Å². The zero-order valence-corrected chi connectivity index (χ0v) is 34.5. The van der Waals surface area contributed by atoms with Crippen LogP contribution in [0.1, 0.15) is 70.6 Å². The van der Waals surface area contributed by atoms with E-state index in [1.807, 2.05) is 13.8 Å².